The van der Waals surface area contributed by atoms with E-state index in [0.29, 0.717) is 0 Å². The maximum Gasteiger partial charge on any atom is 0.182 e. The van der Waals surface area contributed by atoms with Crippen LogP contribution in [0.15, 0.2) is 114 Å². The van der Waals surface area contributed by atoms with Crippen molar-refractivity contribution < 1.29 is 4.42 Å². The van der Waals surface area contributed by atoms with E-state index in [-0.39, 0.29) is 0 Å². The van der Waals surface area contributed by atoms with Crippen molar-refractivity contribution in [3.8, 4) is 11.1 Å². The van der Waals surface area contributed by atoms with Gasteiger partial charge < -0.3 is 4.42 Å². The van der Waals surface area contributed by atoms with Gasteiger partial charge >= 0.3 is 0 Å². The van der Waals surface area contributed by atoms with Crippen LogP contribution >= 0.6 is 0 Å². The average molecular weight is 373 g/mol. The van der Waals surface area contributed by atoms with E-state index in [1.165, 1.54) is 17.5 Å². The van der Waals surface area contributed by atoms with Crippen LogP contribution in [0.5, 0.6) is 0 Å². The van der Waals surface area contributed by atoms with Crippen LogP contribution in [-0.2, 0) is 0 Å². The normalized spacial score (nSPS) is 11.7. The van der Waals surface area contributed by atoms with Crippen LogP contribution in [0.4, 0.5) is 0 Å². The fourth-order valence-corrected chi connectivity index (χ4v) is 3.61. The van der Waals surface area contributed by atoms with Gasteiger partial charge in [-0.3, -0.25) is 0 Å². The van der Waals surface area contributed by atoms with Crippen molar-refractivity contribution in [1.29, 1.82) is 0 Å². The van der Waals surface area contributed by atoms with Gasteiger partial charge in [0.1, 0.15) is 5.52 Å². The van der Waals surface area contributed by atoms with Crippen LogP contribution < -0.4 is 0 Å². The van der Waals surface area contributed by atoms with E-state index in [1.54, 1.807) is 0 Å². The van der Waals surface area contributed by atoms with Crippen molar-refractivity contribution in [3.63, 3.8) is 0 Å². The topological polar surface area (TPSA) is 26.0 Å². The molecule has 2 nitrogen and oxygen atoms in total. The summed E-state index contributed by atoms with van der Waals surface area (Å²) in [6.45, 7) is 0. The summed E-state index contributed by atoms with van der Waals surface area (Å²) in [6.07, 6.45) is 3.72. The first-order valence-electron chi connectivity index (χ1n) is 9.64. The van der Waals surface area contributed by atoms with E-state index in [9.17, 15) is 0 Å². The van der Waals surface area contributed by atoms with E-state index < -0.39 is 0 Å². The summed E-state index contributed by atoms with van der Waals surface area (Å²) in [4.78, 5) is 4.46. The Morgan fingerprint density at radius 2 is 1.34 bits per heavy atom. The zero-order valence-corrected chi connectivity index (χ0v) is 15.8. The third kappa shape index (κ3) is 3.48. The molecule has 4 aromatic carbocycles. The summed E-state index contributed by atoms with van der Waals surface area (Å²) in [6, 6.07) is 35.6. The Labute approximate surface area is 169 Å². The predicted molar refractivity (Wildman–Crippen MR) is 119 cm³/mol. The Morgan fingerprint density at radius 1 is 0.655 bits per heavy atom. The maximum atomic E-state index is 5.53. The zero-order chi connectivity index (χ0) is 19.5. The summed E-state index contributed by atoms with van der Waals surface area (Å²) >= 11 is 0. The lowest BCUT2D eigenvalue weighted by Crippen LogP contribution is -1.91. The van der Waals surface area contributed by atoms with Crippen LogP contribution in [-0.4, -0.2) is 4.98 Å². The molecule has 0 atom stereocenters. The third-order valence-electron chi connectivity index (χ3n) is 5.06. The van der Waals surface area contributed by atoms with Crippen molar-refractivity contribution in [3.05, 3.63) is 126 Å². The van der Waals surface area contributed by atoms with E-state index in [0.717, 1.165) is 33.4 Å². The number of benzene rings is 4. The zero-order valence-electron chi connectivity index (χ0n) is 15.8. The van der Waals surface area contributed by atoms with Gasteiger partial charge in [0.05, 0.1) is 0 Å². The second kappa shape index (κ2) is 7.61. The maximum absolute atomic E-state index is 5.53. The molecule has 0 aliphatic rings. The SMILES string of the molecule is C(=C(c1ccc(-c2ccccc2)cc1)c1cccc2ocnc12)c1ccccc1. The van der Waals surface area contributed by atoms with Crippen molar-refractivity contribution in [1.82, 2.24) is 4.98 Å². The van der Waals surface area contributed by atoms with Gasteiger partial charge in [-0.15, -0.1) is 0 Å². The first-order valence-corrected chi connectivity index (χ1v) is 9.64. The largest absolute Gasteiger partial charge is 0.443 e. The van der Waals surface area contributed by atoms with Crippen molar-refractivity contribution in [2.45, 2.75) is 0 Å². The lowest BCUT2D eigenvalue weighted by molar-refractivity contribution is 0.602. The first kappa shape index (κ1) is 17.2. The van der Waals surface area contributed by atoms with Crippen LogP contribution in [0, 0.1) is 0 Å². The van der Waals surface area contributed by atoms with Crippen molar-refractivity contribution in [2.24, 2.45) is 0 Å². The van der Waals surface area contributed by atoms with Crippen LogP contribution in [0.2, 0.25) is 0 Å². The summed E-state index contributed by atoms with van der Waals surface area (Å²) in [5.41, 5.74) is 8.56. The quantitative estimate of drug-likeness (QED) is 0.314. The summed E-state index contributed by atoms with van der Waals surface area (Å²) < 4.78 is 5.53. The lowest BCUT2D eigenvalue weighted by atomic mass is 9.93. The number of hydrogen-bond acceptors (Lipinski definition) is 2. The van der Waals surface area contributed by atoms with Gasteiger partial charge in [0.15, 0.2) is 12.0 Å². The molecule has 0 amide bonds. The third-order valence-corrected chi connectivity index (χ3v) is 5.06. The summed E-state index contributed by atoms with van der Waals surface area (Å²) in [7, 11) is 0. The number of fused-ring (bicyclic) bond motifs is 1. The second-order valence-electron chi connectivity index (χ2n) is 6.92. The highest BCUT2D eigenvalue weighted by Crippen LogP contribution is 2.32. The number of hydrogen-bond donors (Lipinski definition) is 0. The highest BCUT2D eigenvalue weighted by Gasteiger charge is 2.12. The molecular formula is C27H19NO. The first-order chi connectivity index (χ1) is 14.4. The van der Waals surface area contributed by atoms with Gasteiger partial charge in [-0.25, -0.2) is 4.98 Å². The Kier molecular flexibility index (Phi) is 4.51. The summed E-state index contributed by atoms with van der Waals surface area (Å²) in [5, 5.41) is 0. The van der Waals surface area contributed by atoms with Gasteiger partial charge in [0, 0.05) is 5.56 Å². The Morgan fingerprint density at radius 3 is 2.10 bits per heavy atom. The highest BCUT2D eigenvalue weighted by atomic mass is 16.3. The number of rotatable bonds is 4. The molecule has 0 aliphatic carbocycles. The van der Waals surface area contributed by atoms with Gasteiger partial charge in [-0.1, -0.05) is 97.1 Å². The molecule has 0 aliphatic heterocycles. The molecule has 5 aromatic rings. The van der Waals surface area contributed by atoms with E-state index in [4.69, 9.17) is 4.42 Å². The van der Waals surface area contributed by atoms with Crippen molar-refractivity contribution in [2.75, 3.05) is 0 Å². The number of aromatic nitrogens is 1. The standard InChI is InChI=1S/C27H19NO/c1-3-8-20(9-4-1)18-25(24-12-7-13-26-27(24)28-19-29-26)23-16-14-22(15-17-23)21-10-5-2-6-11-21/h1-19H. The molecule has 0 unspecified atom stereocenters. The summed E-state index contributed by atoms with van der Waals surface area (Å²) in [5.74, 6) is 0. The monoisotopic (exact) mass is 373 g/mol. The molecule has 5 rings (SSSR count). The van der Waals surface area contributed by atoms with Gasteiger partial charge in [0.25, 0.3) is 0 Å². The van der Waals surface area contributed by atoms with Crippen LogP contribution in [0.25, 0.3) is 33.9 Å². The molecule has 29 heavy (non-hydrogen) atoms. The second-order valence-corrected chi connectivity index (χ2v) is 6.92. The Hall–Kier alpha value is -3.91. The lowest BCUT2D eigenvalue weighted by Gasteiger charge is -2.11. The minimum absolute atomic E-state index is 0.794. The molecule has 138 valence electrons. The molecular weight excluding hydrogens is 354 g/mol. The van der Waals surface area contributed by atoms with Gasteiger partial charge in [-0.05, 0) is 40.0 Å². The number of nitrogens with zero attached hydrogens (tertiary/aromatic N) is 1. The Bertz CT molecular complexity index is 1270. The van der Waals surface area contributed by atoms with E-state index >= 15 is 0 Å². The molecule has 0 spiro atoms. The predicted octanol–water partition coefficient (Wildman–Crippen LogP) is 7.08. The minimum atomic E-state index is 0.794. The molecule has 0 saturated carbocycles. The fourth-order valence-electron chi connectivity index (χ4n) is 3.61. The van der Waals surface area contributed by atoms with E-state index in [1.807, 2.05) is 24.3 Å². The number of oxazole rings is 1. The minimum Gasteiger partial charge on any atom is -0.443 e. The molecule has 0 fully saturated rings. The molecule has 2 heteroatoms. The molecule has 0 bridgehead atoms. The molecule has 0 radical (unpaired) electrons. The van der Waals surface area contributed by atoms with Gasteiger partial charge in [0.2, 0.25) is 0 Å². The molecule has 0 saturated heterocycles. The van der Waals surface area contributed by atoms with Crippen molar-refractivity contribution >= 4 is 22.7 Å². The fraction of sp³-hybridized carbons (Fsp3) is 0. The molecule has 1 heterocycles. The van der Waals surface area contributed by atoms with Gasteiger partial charge in [-0.2, -0.15) is 0 Å². The number of para-hydroxylation sites is 1. The average Bonchev–Trinajstić information content (AvgIpc) is 3.28. The van der Waals surface area contributed by atoms with Crippen LogP contribution in [0.1, 0.15) is 16.7 Å². The molecule has 0 N–H and O–H groups in total. The van der Waals surface area contributed by atoms with Crippen LogP contribution in [0.3, 0.4) is 0 Å². The Balaban J connectivity index is 1.65. The van der Waals surface area contributed by atoms with E-state index in [2.05, 4.69) is 89.9 Å². The smallest absolute Gasteiger partial charge is 0.182 e. The molecule has 1 aromatic heterocycles. The highest BCUT2D eigenvalue weighted by molar-refractivity contribution is 5.99.